The van der Waals surface area contributed by atoms with Gasteiger partial charge >= 0.3 is 6.03 Å². The molecule has 3 aliphatic rings. The highest BCUT2D eigenvalue weighted by Gasteiger charge is 2.57. The van der Waals surface area contributed by atoms with E-state index in [-0.39, 0.29) is 55.8 Å². The Labute approximate surface area is 238 Å². The number of rotatable bonds is 6. The molecule has 0 saturated carbocycles. The van der Waals surface area contributed by atoms with Gasteiger partial charge in [-0.3, -0.25) is 19.3 Å². The minimum absolute atomic E-state index is 0.117. The molecule has 5 amide bonds. The standard InChI is InChI=1S/C30H35FN4O6/c1-18(2)25(32-26(36)21-15-19(3)5-7-22(21)31)27(37)34-11-9-30(10-12-34)28(38)33(4)29(39)35(30)17-20-6-8-23-24(16-20)41-14-13-40-23/h5-8,15-16,18,25H,9-14,17H2,1-4H3,(H,32,36)/t25-/m1/s1. The molecule has 1 atom stereocenters. The average Bonchev–Trinajstić information content (AvgIpc) is 3.13. The van der Waals surface area contributed by atoms with E-state index in [4.69, 9.17) is 9.47 Å². The number of imide groups is 1. The van der Waals surface area contributed by atoms with Gasteiger partial charge in [-0.1, -0.05) is 31.5 Å². The van der Waals surface area contributed by atoms with Gasteiger partial charge in [0.25, 0.3) is 11.8 Å². The number of urea groups is 1. The topological polar surface area (TPSA) is 108 Å². The van der Waals surface area contributed by atoms with E-state index in [1.807, 2.05) is 26.0 Å². The summed E-state index contributed by atoms with van der Waals surface area (Å²) >= 11 is 0. The number of halogens is 1. The zero-order valence-corrected chi connectivity index (χ0v) is 23.7. The second-order valence-electron chi connectivity index (χ2n) is 11.2. The summed E-state index contributed by atoms with van der Waals surface area (Å²) < 4.78 is 25.6. The third-order valence-electron chi connectivity index (χ3n) is 8.17. The summed E-state index contributed by atoms with van der Waals surface area (Å²) in [6.07, 6.45) is 0.507. The molecule has 0 aliphatic carbocycles. The van der Waals surface area contributed by atoms with Gasteiger partial charge in [0, 0.05) is 26.7 Å². The first-order valence-corrected chi connectivity index (χ1v) is 13.9. The fourth-order valence-electron chi connectivity index (χ4n) is 5.79. The number of nitrogens with one attached hydrogen (secondary N) is 1. The van der Waals surface area contributed by atoms with E-state index in [9.17, 15) is 23.6 Å². The Balaban J connectivity index is 1.31. The molecule has 3 heterocycles. The predicted molar refractivity (Wildman–Crippen MR) is 147 cm³/mol. The van der Waals surface area contributed by atoms with E-state index in [0.29, 0.717) is 24.7 Å². The Morgan fingerprint density at radius 2 is 1.71 bits per heavy atom. The van der Waals surface area contributed by atoms with Crippen LogP contribution in [0.5, 0.6) is 11.5 Å². The van der Waals surface area contributed by atoms with E-state index in [1.165, 1.54) is 19.2 Å². The van der Waals surface area contributed by atoms with Crippen LogP contribution in [-0.4, -0.2) is 83.4 Å². The van der Waals surface area contributed by atoms with Crippen LogP contribution in [0.3, 0.4) is 0 Å². The monoisotopic (exact) mass is 566 g/mol. The molecule has 0 bridgehead atoms. The Morgan fingerprint density at radius 3 is 2.39 bits per heavy atom. The first-order valence-electron chi connectivity index (χ1n) is 13.9. The van der Waals surface area contributed by atoms with Gasteiger partial charge < -0.3 is 24.6 Å². The van der Waals surface area contributed by atoms with E-state index < -0.39 is 29.3 Å². The maximum Gasteiger partial charge on any atom is 0.327 e. The highest BCUT2D eigenvalue weighted by atomic mass is 19.1. The molecule has 0 radical (unpaired) electrons. The molecule has 5 rings (SSSR count). The fraction of sp³-hybridized carbons (Fsp3) is 0.467. The minimum atomic E-state index is -1.09. The molecule has 10 nitrogen and oxygen atoms in total. The highest BCUT2D eigenvalue weighted by Crippen LogP contribution is 2.39. The van der Waals surface area contributed by atoms with Gasteiger partial charge in [-0.2, -0.15) is 0 Å². The summed E-state index contributed by atoms with van der Waals surface area (Å²) in [5.74, 6) is -0.940. The zero-order chi connectivity index (χ0) is 29.5. The number of fused-ring (bicyclic) bond motifs is 1. The van der Waals surface area contributed by atoms with Crippen molar-refractivity contribution in [3.05, 3.63) is 58.9 Å². The van der Waals surface area contributed by atoms with Gasteiger partial charge in [0.05, 0.1) is 5.56 Å². The maximum absolute atomic E-state index is 14.3. The summed E-state index contributed by atoms with van der Waals surface area (Å²) in [5.41, 5.74) is 0.326. The number of aryl methyl sites for hydroxylation is 1. The van der Waals surface area contributed by atoms with Gasteiger partial charge in [0.2, 0.25) is 5.91 Å². The number of carbonyl (C=O) groups excluding carboxylic acids is 4. The summed E-state index contributed by atoms with van der Waals surface area (Å²) in [6, 6.07) is 8.45. The Hall–Kier alpha value is -4.15. The van der Waals surface area contributed by atoms with Crippen molar-refractivity contribution >= 4 is 23.8 Å². The third kappa shape index (κ3) is 5.20. The fourth-order valence-corrected chi connectivity index (χ4v) is 5.79. The van der Waals surface area contributed by atoms with Crippen molar-refractivity contribution in [1.82, 2.24) is 20.0 Å². The number of nitrogens with zero attached hydrogens (tertiary/aromatic N) is 3. The van der Waals surface area contributed by atoms with Crippen LogP contribution in [-0.2, 0) is 16.1 Å². The molecule has 0 unspecified atom stereocenters. The van der Waals surface area contributed by atoms with Crippen molar-refractivity contribution in [1.29, 1.82) is 0 Å². The number of hydrogen-bond donors (Lipinski definition) is 1. The second-order valence-corrected chi connectivity index (χ2v) is 11.2. The van der Waals surface area contributed by atoms with E-state index >= 15 is 0 Å². The summed E-state index contributed by atoms with van der Waals surface area (Å²) in [5, 5.41) is 2.72. The molecular formula is C30H35FN4O6. The van der Waals surface area contributed by atoms with Crippen LogP contribution in [0.1, 0.15) is 48.2 Å². The third-order valence-corrected chi connectivity index (χ3v) is 8.17. The van der Waals surface area contributed by atoms with Crippen molar-refractivity contribution < 1.29 is 33.0 Å². The van der Waals surface area contributed by atoms with Gasteiger partial charge in [0.1, 0.15) is 30.6 Å². The van der Waals surface area contributed by atoms with Crippen LogP contribution in [0.4, 0.5) is 9.18 Å². The van der Waals surface area contributed by atoms with E-state index in [1.54, 1.807) is 28.9 Å². The predicted octanol–water partition coefficient (Wildman–Crippen LogP) is 3.12. The largest absolute Gasteiger partial charge is 0.486 e. The minimum Gasteiger partial charge on any atom is -0.486 e. The molecule has 11 heteroatoms. The van der Waals surface area contributed by atoms with Crippen LogP contribution in [0.15, 0.2) is 36.4 Å². The van der Waals surface area contributed by atoms with Crippen molar-refractivity contribution in [3.63, 3.8) is 0 Å². The molecule has 2 aromatic carbocycles. The lowest BCUT2D eigenvalue weighted by molar-refractivity contribution is -0.142. The molecule has 1 spiro atoms. The number of amides is 5. The smallest absolute Gasteiger partial charge is 0.327 e. The summed E-state index contributed by atoms with van der Waals surface area (Å²) in [4.78, 5) is 57.5. The second kappa shape index (κ2) is 11.0. The van der Waals surface area contributed by atoms with E-state index in [2.05, 4.69) is 5.32 Å². The highest BCUT2D eigenvalue weighted by molar-refractivity contribution is 6.07. The molecule has 2 aromatic rings. The molecule has 218 valence electrons. The average molecular weight is 567 g/mol. The molecule has 2 fully saturated rings. The van der Waals surface area contributed by atoms with Crippen LogP contribution in [0, 0.1) is 18.7 Å². The van der Waals surface area contributed by atoms with Crippen molar-refractivity contribution in [2.24, 2.45) is 5.92 Å². The normalized spacial score (nSPS) is 18.7. The molecule has 1 N–H and O–H groups in total. The first kappa shape index (κ1) is 28.4. The molecular weight excluding hydrogens is 531 g/mol. The first-order chi connectivity index (χ1) is 19.5. The van der Waals surface area contributed by atoms with E-state index in [0.717, 1.165) is 16.0 Å². The van der Waals surface area contributed by atoms with Crippen molar-refractivity contribution in [2.45, 2.75) is 51.7 Å². The molecule has 0 aromatic heterocycles. The Kier molecular flexibility index (Phi) is 7.63. The van der Waals surface area contributed by atoms with Crippen molar-refractivity contribution in [3.8, 4) is 11.5 Å². The van der Waals surface area contributed by atoms with Crippen LogP contribution in [0.2, 0.25) is 0 Å². The molecule has 41 heavy (non-hydrogen) atoms. The maximum atomic E-state index is 14.3. The Bertz CT molecular complexity index is 1390. The van der Waals surface area contributed by atoms with Gasteiger partial charge in [-0.15, -0.1) is 0 Å². The number of carbonyl (C=O) groups is 4. The molecule has 2 saturated heterocycles. The number of likely N-dealkylation sites (tertiary alicyclic amines) is 1. The lowest BCUT2D eigenvalue weighted by Gasteiger charge is -2.43. The quantitative estimate of drug-likeness (QED) is 0.539. The lowest BCUT2D eigenvalue weighted by atomic mass is 9.85. The number of likely N-dealkylation sites (N-methyl/N-ethyl adjacent to an activating group) is 1. The summed E-state index contributed by atoms with van der Waals surface area (Å²) in [7, 11) is 1.47. The van der Waals surface area contributed by atoms with Gasteiger partial charge in [-0.05, 0) is 55.5 Å². The lowest BCUT2D eigenvalue weighted by Crippen LogP contribution is -2.60. The summed E-state index contributed by atoms with van der Waals surface area (Å²) in [6.45, 7) is 6.93. The zero-order valence-electron chi connectivity index (χ0n) is 23.7. The number of ether oxygens (including phenoxy) is 2. The van der Waals surface area contributed by atoms with Gasteiger partial charge in [-0.25, -0.2) is 9.18 Å². The Morgan fingerprint density at radius 1 is 1.02 bits per heavy atom. The SMILES string of the molecule is Cc1ccc(F)c(C(=O)N[C@@H](C(=O)N2CCC3(CC2)C(=O)N(C)C(=O)N3Cc2ccc3c(c2)OCCO3)C(C)C)c1. The van der Waals surface area contributed by atoms with Gasteiger partial charge in [0.15, 0.2) is 11.5 Å². The number of hydrogen-bond acceptors (Lipinski definition) is 6. The number of benzene rings is 2. The van der Waals surface area contributed by atoms with Crippen LogP contribution in [0.25, 0.3) is 0 Å². The van der Waals surface area contributed by atoms with Crippen LogP contribution < -0.4 is 14.8 Å². The molecule has 3 aliphatic heterocycles. The number of piperidine rings is 1. The van der Waals surface area contributed by atoms with Crippen molar-refractivity contribution in [2.75, 3.05) is 33.4 Å². The van der Waals surface area contributed by atoms with Crippen LogP contribution >= 0.6 is 0 Å².